The van der Waals surface area contributed by atoms with Crippen LogP contribution in [0.2, 0.25) is 0 Å². The van der Waals surface area contributed by atoms with E-state index >= 15 is 0 Å². The van der Waals surface area contributed by atoms with E-state index in [1.807, 2.05) is 0 Å². The first-order valence-corrected chi connectivity index (χ1v) is 5.99. The number of nitrogens with zero attached hydrogens (tertiary/aromatic N) is 2. The topological polar surface area (TPSA) is 127 Å². The average molecular weight is 279 g/mol. The minimum atomic E-state index is -1.08. The Morgan fingerprint density at radius 2 is 2.15 bits per heavy atom. The highest BCUT2D eigenvalue weighted by molar-refractivity contribution is 6.01. The molecule has 3 N–H and O–H groups in total. The van der Waals surface area contributed by atoms with Gasteiger partial charge >= 0.3 is 5.97 Å². The lowest BCUT2D eigenvalue weighted by molar-refractivity contribution is -0.384. The number of carbonyl (C=O) groups excluding carboxylic acids is 1. The highest BCUT2D eigenvalue weighted by Gasteiger charge is 2.35. The molecule has 1 aliphatic heterocycles. The summed E-state index contributed by atoms with van der Waals surface area (Å²) in [7, 11) is 0. The van der Waals surface area contributed by atoms with Crippen molar-refractivity contribution in [1.29, 1.82) is 0 Å². The second kappa shape index (κ2) is 5.16. The van der Waals surface area contributed by atoms with E-state index in [-0.39, 0.29) is 16.9 Å². The lowest BCUT2D eigenvalue weighted by Crippen LogP contribution is -2.40. The number of likely N-dealkylation sites (tertiary alicyclic amines) is 1. The lowest BCUT2D eigenvalue weighted by atomic mass is 10.1. The molecule has 1 saturated heterocycles. The molecule has 0 spiro atoms. The van der Waals surface area contributed by atoms with Crippen LogP contribution >= 0.6 is 0 Å². The second-order valence-corrected chi connectivity index (χ2v) is 4.52. The number of benzene rings is 1. The summed E-state index contributed by atoms with van der Waals surface area (Å²) in [5.74, 6) is -1.67. The molecule has 1 amide bonds. The van der Waals surface area contributed by atoms with Crippen molar-refractivity contribution in [3.8, 4) is 0 Å². The normalized spacial score (nSPS) is 18.0. The molecule has 8 nitrogen and oxygen atoms in total. The zero-order chi connectivity index (χ0) is 14.9. The number of hydrogen-bond donors (Lipinski definition) is 2. The van der Waals surface area contributed by atoms with Gasteiger partial charge in [0.25, 0.3) is 11.6 Å². The predicted molar refractivity (Wildman–Crippen MR) is 69.2 cm³/mol. The van der Waals surface area contributed by atoms with Gasteiger partial charge in [0.1, 0.15) is 6.04 Å². The Morgan fingerprint density at radius 1 is 1.45 bits per heavy atom. The van der Waals surface area contributed by atoms with Gasteiger partial charge < -0.3 is 15.7 Å². The maximum absolute atomic E-state index is 12.3. The number of non-ortho nitro benzene ring substituents is 1. The standard InChI is InChI=1S/C12H13N3O5/c13-9-4-3-7(15(19)20)6-8(9)11(16)14-5-1-2-10(14)12(17)18/h3-4,6,10H,1-2,5,13H2,(H,17,18)/t10-/m1/s1. The van der Waals surface area contributed by atoms with Crippen LogP contribution in [-0.4, -0.2) is 39.4 Å². The Bertz CT molecular complexity index is 586. The van der Waals surface area contributed by atoms with E-state index in [1.165, 1.54) is 17.0 Å². The van der Waals surface area contributed by atoms with Gasteiger partial charge in [-0.1, -0.05) is 0 Å². The highest BCUT2D eigenvalue weighted by Crippen LogP contribution is 2.25. The highest BCUT2D eigenvalue weighted by atomic mass is 16.6. The van der Waals surface area contributed by atoms with Crippen molar-refractivity contribution in [1.82, 2.24) is 4.90 Å². The van der Waals surface area contributed by atoms with E-state index in [9.17, 15) is 19.7 Å². The van der Waals surface area contributed by atoms with E-state index in [0.717, 1.165) is 6.07 Å². The number of anilines is 1. The van der Waals surface area contributed by atoms with Crippen LogP contribution in [0.4, 0.5) is 11.4 Å². The van der Waals surface area contributed by atoms with Gasteiger partial charge in [0.15, 0.2) is 0 Å². The third kappa shape index (κ3) is 2.40. The first-order valence-electron chi connectivity index (χ1n) is 5.99. The Labute approximate surface area is 113 Å². The lowest BCUT2D eigenvalue weighted by Gasteiger charge is -2.22. The van der Waals surface area contributed by atoms with Crippen molar-refractivity contribution in [2.75, 3.05) is 12.3 Å². The fourth-order valence-electron chi connectivity index (χ4n) is 2.26. The van der Waals surface area contributed by atoms with Gasteiger partial charge in [-0.3, -0.25) is 14.9 Å². The molecule has 2 rings (SSSR count). The molecule has 0 aliphatic carbocycles. The van der Waals surface area contributed by atoms with Crippen LogP contribution in [0.5, 0.6) is 0 Å². The van der Waals surface area contributed by atoms with Gasteiger partial charge in [0.2, 0.25) is 0 Å². The van der Waals surface area contributed by atoms with Gasteiger partial charge in [-0.2, -0.15) is 0 Å². The molecule has 0 aromatic heterocycles. The van der Waals surface area contributed by atoms with Gasteiger partial charge in [-0.15, -0.1) is 0 Å². The predicted octanol–water partition coefficient (Wildman–Crippen LogP) is 0.866. The Morgan fingerprint density at radius 3 is 2.75 bits per heavy atom. The van der Waals surface area contributed by atoms with Crippen molar-refractivity contribution in [3.05, 3.63) is 33.9 Å². The van der Waals surface area contributed by atoms with Crippen molar-refractivity contribution < 1.29 is 19.6 Å². The molecule has 106 valence electrons. The van der Waals surface area contributed by atoms with Crippen LogP contribution in [0.1, 0.15) is 23.2 Å². The quantitative estimate of drug-likeness (QED) is 0.480. The Kier molecular flexibility index (Phi) is 3.55. The van der Waals surface area contributed by atoms with Crippen molar-refractivity contribution in [2.45, 2.75) is 18.9 Å². The molecule has 0 bridgehead atoms. The van der Waals surface area contributed by atoms with Crippen LogP contribution in [0.25, 0.3) is 0 Å². The minimum absolute atomic E-state index is 0.0349. The van der Waals surface area contributed by atoms with E-state index in [2.05, 4.69) is 0 Å². The molecule has 20 heavy (non-hydrogen) atoms. The fraction of sp³-hybridized carbons (Fsp3) is 0.333. The van der Waals surface area contributed by atoms with E-state index < -0.39 is 22.8 Å². The summed E-state index contributed by atoms with van der Waals surface area (Å²) in [5.41, 5.74) is 5.47. The number of aliphatic carboxylic acids is 1. The number of nitrogen functional groups attached to an aromatic ring is 1. The van der Waals surface area contributed by atoms with Gasteiger partial charge in [0.05, 0.1) is 10.5 Å². The number of amides is 1. The number of carbonyl (C=O) groups is 2. The number of nitro groups is 1. The number of rotatable bonds is 3. The number of carboxylic acid groups (broad SMARTS) is 1. The van der Waals surface area contributed by atoms with Crippen molar-refractivity contribution in [3.63, 3.8) is 0 Å². The number of carboxylic acids is 1. The molecule has 1 heterocycles. The first kappa shape index (κ1) is 13.8. The van der Waals surface area contributed by atoms with Gasteiger partial charge in [-0.25, -0.2) is 4.79 Å². The number of nitro benzene ring substituents is 1. The monoisotopic (exact) mass is 279 g/mol. The Balaban J connectivity index is 2.35. The molecule has 1 aromatic rings. The van der Waals surface area contributed by atoms with Gasteiger partial charge in [-0.05, 0) is 18.9 Å². The zero-order valence-electron chi connectivity index (χ0n) is 10.5. The van der Waals surface area contributed by atoms with Gasteiger partial charge in [0, 0.05) is 24.4 Å². The fourth-order valence-corrected chi connectivity index (χ4v) is 2.26. The number of nitrogens with two attached hydrogens (primary N) is 1. The maximum atomic E-state index is 12.3. The summed E-state index contributed by atoms with van der Waals surface area (Å²) in [6.45, 7) is 0.304. The first-order chi connectivity index (χ1) is 9.41. The minimum Gasteiger partial charge on any atom is -0.480 e. The summed E-state index contributed by atoms with van der Waals surface area (Å²) in [6.07, 6.45) is 0.952. The largest absolute Gasteiger partial charge is 0.480 e. The third-order valence-corrected chi connectivity index (χ3v) is 3.28. The molecule has 1 aromatic carbocycles. The molecule has 0 saturated carbocycles. The molecule has 1 atom stereocenters. The molecular formula is C12H13N3O5. The van der Waals surface area contributed by atoms with E-state index in [0.29, 0.717) is 19.4 Å². The molecule has 0 unspecified atom stereocenters. The molecule has 0 radical (unpaired) electrons. The third-order valence-electron chi connectivity index (χ3n) is 3.28. The maximum Gasteiger partial charge on any atom is 0.326 e. The van der Waals surface area contributed by atoms with Crippen molar-refractivity contribution >= 4 is 23.3 Å². The molecule has 1 fully saturated rings. The molecular weight excluding hydrogens is 266 g/mol. The summed E-state index contributed by atoms with van der Waals surface area (Å²) in [6, 6.07) is 2.65. The smallest absolute Gasteiger partial charge is 0.326 e. The van der Waals surface area contributed by atoms with Crippen molar-refractivity contribution in [2.24, 2.45) is 0 Å². The zero-order valence-corrected chi connectivity index (χ0v) is 10.5. The Hall–Kier alpha value is -2.64. The summed E-state index contributed by atoms with van der Waals surface area (Å²) < 4.78 is 0. The molecule has 8 heteroatoms. The van der Waals surface area contributed by atoms with Crippen LogP contribution in [0.15, 0.2) is 18.2 Å². The van der Waals surface area contributed by atoms with E-state index in [1.54, 1.807) is 0 Å². The average Bonchev–Trinajstić information content (AvgIpc) is 2.87. The van der Waals surface area contributed by atoms with E-state index in [4.69, 9.17) is 10.8 Å². The summed E-state index contributed by atoms with van der Waals surface area (Å²) >= 11 is 0. The summed E-state index contributed by atoms with van der Waals surface area (Å²) in [4.78, 5) is 34.7. The van der Waals surface area contributed by atoms with Crippen LogP contribution in [0, 0.1) is 10.1 Å². The van der Waals surface area contributed by atoms with Crippen LogP contribution in [0.3, 0.4) is 0 Å². The van der Waals surface area contributed by atoms with Crippen LogP contribution < -0.4 is 5.73 Å². The SMILES string of the molecule is Nc1ccc([N+](=O)[O-])cc1C(=O)N1CCC[C@@H]1C(=O)O. The van der Waals surface area contributed by atoms with Crippen LogP contribution in [-0.2, 0) is 4.79 Å². The second-order valence-electron chi connectivity index (χ2n) is 4.52. The number of hydrogen-bond acceptors (Lipinski definition) is 5. The summed E-state index contributed by atoms with van der Waals surface area (Å²) in [5, 5.41) is 19.8. The molecule has 1 aliphatic rings.